The Morgan fingerprint density at radius 2 is 0.730 bits per heavy atom. The van der Waals surface area contributed by atoms with Crippen LogP contribution in [0.3, 0.4) is 0 Å². The average Bonchev–Trinajstić information content (AvgIpc) is 2.64. The maximum atomic E-state index is 13.6. The van der Waals surface area contributed by atoms with Gasteiger partial charge in [-0.3, -0.25) is 0 Å². The summed E-state index contributed by atoms with van der Waals surface area (Å²) < 4.78 is 283. The molecule has 1 saturated heterocycles. The van der Waals surface area contributed by atoms with Gasteiger partial charge in [-0.15, -0.1) is 0 Å². The zero-order valence-corrected chi connectivity index (χ0v) is 16.5. The van der Waals surface area contributed by atoms with Gasteiger partial charge in [0.1, 0.15) is 0 Å². The molecule has 0 aromatic heterocycles. The Morgan fingerprint density at radius 3 is 0.973 bits per heavy atom. The first-order valence-corrected chi connectivity index (χ1v) is 8.55. The van der Waals surface area contributed by atoms with Crippen molar-refractivity contribution in [2.75, 3.05) is 13.2 Å². The fourth-order valence-corrected chi connectivity index (χ4v) is 2.25. The van der Waals surface area contributed by atoms with Crippen LogP contribution in [0.1, 0.15) is 6.42 Å². The van der Waals surface area contributed by atoms with Crippen LogP contribution in [0.2, 0.25) is 0 Å². The number of ether oxygens (including phenoxy) is 2. The minimum atomic E-state index is -9.18. The van der Waals surface area contributed by atoms with Gasteiger partial charge < -0.3 is 9.47 Å². The summed E-state index contributed by atoms with van der Waals surface area (Å²) in [5, 5.41) is 0. The molecule has 0 amide bonds. The molecule has 23 heteroatoms. The molecule has 37 heavy (non-hydrogen) atoms. The highest BCUT2D eigenvalue weighted by Gasteiger charge is 2.98. The van der Waals surface area contributed by atoms with Crippen molar-refractivity contribution < 1.29 is 102 Å². The van der Waals surface area contributed by atoms with Gasteiger partial charge in [-0.2, -0.15) is 92.2 Å². The summed E-state index contributed by atoms with van der Waals surface area (Å²) >= 11 is 0. The summed E-state index contributed by atoms with van der Waals surface area (Å²) in [7, 11) is 0. The summed E-state index contributed by atoms with van der Waals surface area (Å²) in [6.07, 6.45) is -17.0. The number of alkyl halides is 21. The number of hydrogen-bond acceptors (Lipinski definition) is 2. The van der Waals surface area contributed by atoms with E-state index in [9.17, 15) is 92.2 Å². The first kappa shape index (κ1) is 33.5. The molecule has 1 atom stereocenters. The predicted octanol–water partition coefficient (Wildman–Crippen LogP) is 7.03. The van der Waals surface area contributed by atoms with Crippen molar-refractivity contribution in [3.05, 3.63) is 0 Å². The lowest BCUT2D eigenvalue weighted by molar-refractivity contribution is -0.485. The van der Waals surface area contributed by atoms with Crippen LogP contribution in [0.5, 0.6) is 0 Å². The minimum Gasteiger partial charge on any atom is -0.376 e. The Labute approximate surface area is 188 Å². The zero-order chi connectivity index (χ0) is 30.1. The van der Waals surface area contributed by atoms with Gasteiger partial charge in [0, 0.05) is 6.61 Å². The quantitative estimate of drug-likeness (QED) is 0.236. The zero-order valence-electron chi connectivity index (χ0n) is 16.5. The van der Waals surface area contributed by atoms with Gasteiger partial charge in [-0.25, -0.2) is 0 Å². The molecule has 0 N–H and O–H groups in total. The Morgan fingerprint density at radius 1 is 0.459 bits per heavy atom. The van der Waals surface area contributed by atoms with Crippen LogP contribution in [-0.2, 0) is 9.47 Å². The van der Waals surface area contributed by atoms with Crippen LogP contribution in [0.25, 0.3) is 0 Å². The highest BCUT2D eigenvalue weighted by molar-refractivity contribution is 5.17. The Balaban J connectivity index is 3.60. The molecule has 1 heterocycles. The second-order valence-electron chi connectivity index (χ2n) is 7.20. The third-order valence-corrected chi connectivity index (χ3v) is 4.73. The van der Waals surface area contributed by atoms with Crippen molar-refractivity contribution in [1.29, 1.82) is 0 Å². The molecule has 0 aliphatic carbocycles. The lowest BCUT2D eigenvalue weighted by atomic mass is 9.87. The third-order valence-electron chi connectivity index (χ3n) is 4.73. The van der Waals surface area contributed by atoms with Gasteiger partial charge in [0.2, 0.25) is 0 Å². The molecule has 0 saturated carbocycles. The average molecular weight is 606 g/mol. The molecular weight excluding hydrogens is 599 g/mol. The van der Waals surface area contributed by atoms with Crippen molar-refractivity contribution >= 4 is 0 Å². The molecule has 222 valence electrons. The maximum absolute atomic E-state index is 13.6. The first-order valence-electron chi connectivity index (χ1n) is 8.55. The fourth-order valence-electron chi connectivity index (χ4n) is 2.25. The lowest BCUT2D eigenvalue weighted by Crippen LogP contribution is -2.77. The van der Waals surface area contributed by atoms with Crippen LogP contribution in [0.15, 0.2) is 0 Å². The van der Waals surface area contributed by atoms with Gasteiger partial charge in [-0.05, 0) is 6.42 Å². The van der Waals surface area contributed by atoms with Crippen LogP contribution in [-0.4, -0.2) is 79.0 Å². The van der Waals surface area contributed by atoms with Crippen molar-refractivity contribution in [1.82, 2.24) is 0 Å². The molecule has 1 aliphatic heterocycles. The molecule has 1 unspecified atom stereocenters. The van der Waals surface area contributed by atoms with E-state index in [0.29, 0.717) is 0 Å². The smallest absolute Gasteiger partial charge is 0.376 e. The highest BCUT2D eigenvalue weighted by Crippen LogP contribution is 2.66. The summed E-state index contributed by atoms with van der Waals surface area (Å²) in [4.78, 5) is 0. The van der Waals surface area contributed by atoms with Crippen molar-refractivity contribution in [2.45, 2.75) is 72.2 Å². The fraction of sp³-hybridized carbons (Fsp3) is 1.00. The Bertz CT molecular complexity index is 824. The van der Waals surface area contributed by atoms with Gasteiger partial charge in [0.15, 0.2) is 0 Å². The van der Waals surface area contributed by atoms with E-state index in [1.54, 1.807) is 0 Å². The second-order valence-corrected chi connectivity index (χ2v) is 7.20. The molecule has 0 spiro atoms. The van der Waals surface area contributed by atoms with E-state index < -0.39 is 72.4 Å². The van der Waals surface area contributed by atoms with E-state index in [1.807, 2.05) is 0 Å². The van der Waals surface area contributed by atoms with Crippen molar-refractivity contribution in [3.63, 3.8) is 0 Å². The first-order chi connectivity index (χ1) is 15.8. The molecule has 1 aliphatic rings. The summed E-state index contributed by atoms with van der Waals surface area (Å²) in [6.45, 7) is -2.13. The van der Waals surface area contributed by atoms with Gasteiger partial charge >= 0.3 is 59.7 Å². The second kappa shape index (κ2) is 8.73. The monoisotopic (exact) mass is 606 g/mol. The molecule has 2 nitrogen and oxygen atoms in total. The molecule has 0 radical (unpaired) electrons. The summed E-state index contributed by atoms with van der Waals surface area (Å²) in [5.74, 6) is -70.5. The van der Waals surface area contributed by atoms with Gasteiger partial charge in [0.05, 0.1) is 12.7 Å². The standard InChI is InChI=1S/C14H7F21O2/c15-5(16,7(19,20)9(23,24)11(27,28)13(31,32)33)6(17,18)8(21,22)10(25,26)12(29,30)14(34,35)37-3-4-1-2-36-4/h4H,1-3H2. The molecule has 1 rings (SSSR count). The third kappa shape index (κ3) is 4.34. The molecular formula is C14H7F21O2. The van der Waals surface area contributed by atoms with E-state index in [2.05, 4.69) is 9.47 Å². The van der Waals surface area contributed by atoms with E-state index in [4.69, 9.17) is 0 Å². The Kier molecular flexibility index (Phi) is 7.90. The van der Waals surface area contributed by atoms with Crippen LogP contribution >= 0.6 is 0 Å². The molecule has 1 fully saturated rings. The van der Waals surface area contributed by atoms with Crippen LogP contribution in [0, 0.1) is 0 Å². The normalized spacial score (nSPS) is 20.2. The van der Waals surface area contributed by atoms with Crippen molar-refractivity contribution in [3.8, 4) is 0 Å². The summed E-state index contributed by atoms with van der Waals surface area (Å²) in [6, 6.07) is 0. The topological polar surface area (TPSA) is 18.5 Å². The minimum absolute atomic E-state index is 0.266. The number of rotatable bonds is 11. The molecule has 0 aromatic carbocycles. The van der Waals surface area contributed by atoms with Crippen molar-refractivity contribution in [2.24, 2.45) is 0 Å². The Hall–Kier alpha value is -1.55. The molecule has 0 aromatic rings. The molecule has 0 bridgehead atoms. The SMILES string of the molecule is FC(F)(F)C(F)(F)C(F)(F)C(F)(F)C(F)(F)C(F)(F)C(F)(F)C(F)(F)C(F)(F)C(F)(F)OCC1CCO1. The van der Waals surface area contributed by atoms with Gasteiger partial charge in [0.25, 0.3) is 0 Å². The maximum Gasteiger partial charge on any atom is 0.460 e. The van der Waals surface area contributed by atoms with Gasteiger partial charge in [-0.1, -0.05) is 0 Å². The van der Waals surface area contributed by atoms with Crippen LogP contribution in [0.4, 0.5) is 92.2 Å². The lowest BCUT2D eigenvalue weighted by Gasteiger charge is -2.44. The number of halogens is 21. The van der Waals surface area contributed by atoms with Crippen LogP contribution < -0.4 is 0 Å². The largest absolute Gasteiger partial charge is 0.460 e. The number of hydrogen-bond donors (Lipinski definition) is 0. The van der Waals surface area contributed by atoms with E-state index >= 15 is 0 Å². The predicted molar refractivity (Wildman–Crippen MR) is 70.9 cm³/mol. The van der Waals surface area contributed by atoms with E-state index in [0.717, 1.165) is 0 Å². The van der Waals surface area contributed by atoms with E-state index in [1.165, 1.54) is 0 Å². The highest BCUT2D eigenvalue weighted by atomic mass is 19.4. The summed E-state index contributed by atoms with van der Waals surface area (Å²) in [5.41, 5.74) is 0. The van der Waals surface area contributed by atoms with E-state index in [-0.39, 0.29) is 13.0 Å².